The van der Waals surface area contributed by atoms with Crippen LogP contribution >= 0.6 is 11.6 Å². The standard InChI is InChI=1S/C21H20ClN3O3/c1-12-4-5-14(22)9-16(12)23-20-11-17-15-10-19(28-3)18(27-2)8-13(15)6-7-25(17)21(26)24-20/h4-5,8-11H,6-7H2,1-3H3,(H,23,24,26). The van der Waals surface area contributed by atoms with Gasteiger partial charge in [-0.25, -0.2) is 4.79 Å². The average molecular weight is 398 g/mol. The fraction of sp³-hybridized carbons (Fsp3) is 0.238. The SMILES string of the molecule is COc1cc2c(cc1OC)-c1cc(Nc3cc(Cl)ccc3C)nc(=O)n1CC2. The van der Waals surface area contributed by atoms with Gasteiger partial charge >= 0.3 is 5.69 Å². The van der Waals surface area contributed by atoms with Crippen LogP contribution in [-0.4, -0.2) is 23.8 Å². The number of hydrogen-bond donors (Lipinski definition) is 1. The molecule has 0 saturated heterocycles. The molecule has 0 spiro atoms. The van der Waals surface area contributed by atoms with E-state index in [-0.39, 0.29) is 5.69 Å². The number of fused-ring (bicyclic) bond motifs is 3. The summed E-state index contributed by atoms with van der Waals surface area (Å²) in [5.74, 6) is 1.78. The first-order valence-electron chi connectivity index (χ1n) is 8.90. The highest BCUT2D eigenvalue weighted by Gasteiger charge is 2.21. The maximum Gasteiger partial charge on any atom is 0.350 e. The average Bonchev–Trinajstić information content (AvgIpc) is 2.69. The smallest absolute Gasteiger partial charge is 0.350 e. The van der Waals surface area contributed by atoms with Gasteiger partial charge in [-0.2, -0.15) is 4.98 Å². The van der Waals surface area contributed by atoms with Crippen molar-refractivity contribution in [2.24, 2.45) is 0 Å². The van der Waals surface area contributed by atoms with Crippen LogP contribution in [0.3, 0.4) is 0 Å². The minimum absolute atomic E-state index is 0.292. The number of aromatic nitrogens is 2. The van der Waals surface area contributed by atoms with Crippen LogP contribution in [0.15, 0.2) is 41.2 Å². The third kappa shape index (κ3) is 3.20. The van der Waals surface area contributed by atoms with E-state index in [2.05, 4.69) is 10.3 Å². The minimum Gasteiger partial charge on any atom is -0.493 e. The molecule has 3 aromatic rings. The Hall–Kier alpha value is -2.99. The number of nitrogens with zero attached hydrogens (tertiary/aromatic N) is 2. The summed E-state index contributed by atoms with van der Waals surface area (Å²) in [7, 11) is 3.21. The second-order valence-electron chi connectivity index (χ2n) is 6.66. The van der Waals surface area contributed by atoms with Crippen molar-refractivity contribution in [3.8, 4) is 22.8 Å². The van der Waals surface area contributed by atoms with E-state index < -0.39 is 0 Å². The van der Waals surface area contributed by atoms with Crippen molar-refractivity contribution in [2.75, 3.05) is 19.5 Å². The topological polar surface area (TPSA) is 65.4 Å². The highest BCUT2D eigenvalue weighted by atomic mass is 35.5. The minimum atomic E-state index is -0.292. The molecule has 2 heterocycles. The number of nitrogens with one attached hydrogen (secondary N) is 1. The van der Waals surface area contributed by atoms with Gasteiger partial charge in [-0.1, -0.05) is 17.7 Å². The third-order valence-electron chi connectivity index (χ3n) is 4.96. The molecule has 144 valence electrons. The van der Waals surface area contributed by atoms with Crippen LogP contribution in [0.4, 0.5) is 11.5 Å². The van der Waals surface area contributed by atoms with Gasteiger partial charge in [-0.05, 0) is 48.7 Å². The molecule has 0 bridgehead atoms. The monoisotopic (exact) mass is 397 g/mol. The molecule has 0 saturated carbocycles. The number of methoxy groups -OCH3 is 2. The molecule has 7 heteroatoms. The Morgan fingerprint density at radius 3 is 2.61 bits per heavy atom. The lowest BCUT2D eigenvalue weighted by Gasteiger charge is -2.23. The molecule has 2 aromatic carbocycles. The number of benzene rings is 2. The van der Waals surface area contributed by atoms with E-state index >= 15 is 0 Å². The maximum atomic E-state index is 12.6. The molecule has 0 atom stereocenters. The first-order chi connectivity index (χ1) is 13.5. The predicted octanol–water partition coefficient (Wildman–Crippen LogP) is 4.19. The summed E-state index contributed by atoms with van der Waals surface area (Å²) in [6, 6.07) is 11.3. The molecule has 0 amide bonds. The molecule has 0 aliphatic carbocycles. The van der Waals surface area contributed by atoms with Crippen LogP contribution < -0.4 is 20.5 Å². The van der Waals surface area contributed by atoms with Gasteiger partial charge in [0.25, 0.3) is 0 Å². The summed E-state index contributed by atoms with van der Waals surface area (Å²) < 4.78 is 12.5. The number of anilines is 2. The molecule has 28 heavy (non-hydrogen) atoms. The molecular weight excluding hydrogens is 378 g/mol. The Morgan fingerprint density at radius 1 is 1.11 bits per heavy atom. The zero-order valence-corrected chi connectivity index (χ0v) is 16.6. The van der Waals surface area contributed by atoms with Crippen molar-refractivity contribution >= 4 is 23.1 Å². The highest BCUT2D eigenvalue weighted by Crippen LogP contribution is 2.38. The summed E-state index contributed by atoms with van der Waals surface area (Å²) in [6.45, 7) is 2.54. The Kier molecular flexibility index (Phi) is 4.73. The number of halogens is 1. The van der Waals surface area contributed by atoms with E-state index in [1.165, 1.54) is 0 Å². The third-order valence-corrected chi connectivity index (χ3v) is 5.20. The molecule has 4 rings (SSSR count). The lowest BCUT2D eigenvalue weighted by atomic mass is 9.97. The molecular formula is C21H20ClN3O3. The van der Waals surface area contributed by atoms with Crippen LogP contribution in [0, 0.1) is 6.92 Å². The first kappa shape index (κ1) is 18.4. The van der Waals surface area contributed by atoms with E-state index in [9.17, 15) is 4.79 Å². The molecule has 1 aliphatic rings. The van der Waals surface area contributed by atoms with Gasteiger partial charge in [0.05, 0.1) is 19.9 Å². The van der Waals surface area contributed by atoms with Crippen molar-refractivity contribution in [3.05, 3.63) is 63.0 Å². The number of ether oxygens (including phenoxy) is 2. The van der Waals surface area contributed by atoms with Crippen molar-refractivity contribution in [2.45, 2.75) is 19.9 Å². The lowest BCUT2D eigenvalue weighted by Crippen LogP contribution is -2.28. The van der Waals surface area contributed by atoms with Crippen molar-refractivity contribution in [1.29, 1.82) is 0 Å². The summed E-state index contributed by atoms with van der Waals surface area (Å²) in [6.07, 6.45) is 0.727. The van der Waals surface area contributed by atoms with Crippen molar-refractivity contribution in [1.82, 2.24) is 9.55 Å². The summed E-state index contributed by atoms with van der Waals surface area (Å²) in [5.41, 5.74) is 4.37. The molecule has 0 fully saturated rings. The van der Waals surface area contributed by atoms with Gasteiger partial charge in [0.15, 0.2) is 11.5 Å². The van der Waals surface area contributed by atoms with Crippen molar-refractivity contribution in [3.63, 3.8) is 0 Å². The van der Waals surface area contributed by atoms with E-state index in [4.69, 9.17) is 21.1 Å². The van der Waals surface area contributed by atoms with E-state index in [1.54, 1.807) is 18.8 Å². The fourth-order valence-corrected chi connectivity index (χ4v) is 3.65. The number of hydrogen-bond acceptors (Lipinski definition) is 5. The van der Waals surface area contributed by atoms with Gasteiger partial charge in [0, 0.05) is 28.9 Å². The van der Waals surface area contributed by atoms with E-state index in [1.807, 2.05) is 43.3 Å². The van der Waals surface area contributed by atoms with Gasteiger partial charge in [0.2, 0.25) is 0 Å². The second-order valence-corrected chi connectivity index (χ2v) is 7.10. The van der Waals surface area contributed by atoms with Crippen LogP contribution in [0.2, 0.25) is 5.02 Å². The first-order valence-corrected chi connectivity index (χ1v) is 9.28. The van der Waals surface area contributed by atoms with Gasteiger partial charge < -0.3 is 14.8 Å². The molecule has 1 aliphatic heterocycles. The van der Waals surface area contributed by atoms with Crippen LogP contribution in [0.25, 0.3) is 11.3 Å². The molecule has 0 radical (unpaired) electrons. The largest absolute Gasteiger partial charge is 0.493 e. The highest BCUT2D eigenvalue weighted by molar-refractivity contribution is 6.30. The second kappa shape index (κ2) is 7.20. The number of aryl methyl sites for hydroxylation is 2. The quantitative estimate of drug-likeness (QED) is 0.715. The van der Waals surface area contributed by atoms with E-state index in [0.717, 1.165) is 34.5 Å². The zero-order chi connectivity index (χ0) is 19.8. The fourth-order valence-electron chi connectivity index (χ4n) is 3.47. The Labute approximate surface area is 167 Å². The molecule has 0 unspecified atom stereocenters. The Balaban J connectivity index is 1.83. The van der Waals surface area contributed by atoms with E-state index in [0.29, 0.717) is 28.9 Å². The van der Waals surface area contributed by atoms with Crippen LogP contribution in [-0.2, 0) is 13.0 Å². The maximum absolute atomic E-state index is 12.6. The molecule has 1 aromatic heterocycles. The summed E-state index contributed by atoms with van der Waals surface area (Å²) in [5, 5.41) is 3.84. The summed E-state index contributed by atoms with van der Waals surface area (Å²) >= 11 is 6.11. The Morgan fingerprint density at radius 2 is 1.86 bits per heavy atom. The summed E-state index contributed by atoms with van der Waals surface area (Å²) in [4.78, 5) is 16.8. The van der Waals surface area contributed by atoms with Gasteiger partial charge in [0.1, 0.15) is 5.82 Å². The van der Waals surface area contributed by atoms with Gasteiger partial charge in [-0.3, -0.25) is 4.57 Å². The van der Waals surface area contributed by atoms with Gasteiger partial charge in [-0.15, -0.1) is 0 Å². The lowest BCUT2D eigenvalue weighted by molar-refractivity contribution is 0.354. The van der Waals surface area contributed by atoms with Crippen LogP contribution in [0.1, 0.15) is 11.1 Å². The zero-order valence-electron chi connectivity index (χ0n) is 15.9. The van der Waals surface area contributed by atoms with Crippen LogP contribution in [0.5, 0.6) is 11.5 Å². The van der Waals surface area contributed by atoms with Crippen molar-refractivity contribution < 1.29 is 9.47 Å². The Bertz CT molecular complexity index is 1120. The molecule has 1 N–H and O–H groups in total. The normalized spacial score (nSPS) is 12.1. The predicted molar refractivity (Wildman–Crippen MR) is 110 cm³/mol. The number of rotatable bonds is 4. The molecule has 6 nitrogen and oxygen atoms in total.